The molecule has 3 rings (SSSR count). The number of anilines is 3. The number of morpholine rings is 1. The van der Waals surface area contributed by atoms with Gasteiger partial charge in [-0.15, -0.1) is 0 Å². The Bertz CT molecular complexity index is 961. The average Bonchev–Trinajstić information content (AvgIpc) is 2.73. The number of nitrogen functional groups attached to an aromatic ring is 1. The minimum atomic E-state index is -0.568. The van der Waals surface area contributed by atoms with E-state index in [2.05, 4.69) is 5.32 Å². The van der Waals surface area contributed by atoms with Crippen LogP contribution in [0.25, 0.3) is 0 Å². The zero-order valence-electron chi connectivity index (χ0n) is 16.6. The van der Waals surface area contributed by atoms with Crippen molar-refractivity contribution in [1.82, 2.24) is 9.13 Å². The topological polar surface area (TPSA) is 112 Å². The van der Waals surface area contributed by atoms with Crippen LogP contribution in [0.2, 0.25) is 0 Å². The Kier molecular flexibility index (Phi) is 6.71. The lowest BCUT2D eigenvalue weighted by molar-refractivity contribution is -0.116. The molecule has 0 aliphatic carbocycles. The smallest absolute Gasteiger partial charge is 0.333 e. The van der Waals surface area contributed by atoms with E-state index in [1.54, 1.807) is 24.3 Å². The number of ether oxygens (including phenoxy) is 1. The van der Waals surface area contributed by atoms with Crippen LogP contribution in [-0.2, 0) is 22.6 Å². The molecule has 156 valence electrons. The first-order chi connectivity index (χ1) is 14.0. The number of para-hydroxylation sites is 1. The number of nitrogens with one attached hydrogen (secondary N) is 1. The van der Waals surface area contributed by atoms with Crippen LogP contribution in [-0.4, -0.2) is 41.3 Å². The number of aromatic nitrogens is 2. The fourth-order valence-corrected chi connectivity index (χ4v) is 3.32. The van der Waals surface area contributed by atoms with Crippen LogP contribution in [0, 0.1) is 0 Å². The highest BCUT2D eigenvalue weighted by Gasteiger charge is 2.24. The molecule has 1 aromatic carbocycles. The van der Waals surface area contributed by atoms with E-state index in [1.165, 1.54) is 4.57 Å². The number of carbonyl (C=O) groups excluding carboxylic acids is 1. The highest BCUT2D eigenvalue weighted by molar-refractivity contribution is 5.90. The Morgan fingerprint density at radius 3 is 2.48 bits per heavy atom. The van der Waals surface area contributed by atoms with Gasteiger partial charge in [0, 0.05) is 25.3 Å². The van der Waals surface area contributed by atoms with Crippen LogP contribution >= 0.6 is 0 Å². The van der Waals surface area contributed by atoms with E-state index in [1.807, 2.05) is 17.9 Å². The molecule has 0 atom stereocenters. The summed E-state index contributed by atoms with van der Waals surface area (Å²) in [5.74, 6) is -0.301. The summed E-state index contributed by atoms with van der Waals surface area (Å²) in [5.41, 5.74) is 5.99. The number of carbonyl (C=O) groups is 1. The molecule has 1 aliphatic rings. The molecule has 2 aromatic rings. The predicted octanol–water partition coefficient (Wildman–Crippen LogP) is 0.868. The monoisotopic (exact) mass is 401 g/mol. The lowest BCUT2D eigenvalue weighted by Crippen LogP contribution is -2.48. The lowest BCUT2D eigenvalue weighted by Gasteiger charge is -2.30. The Morgan fingerprint density at radius 1 is 1.14 bits per heavy atom. The number of hydrogen-bond donors (Lipinski definition) is 2. The van der Waals surface area contributed by atoms with E-state index in [-0.39, 0.29) is 18.1 Å². The minimum absolute atomic E-state index is 0.148. The van der Waals surface area contributed by atoms with E-state index in [0.29, 0.717) is 38.5 Å². The number of nitrogens with zero attached hydrogens (tertiary/aromatic N) is 3. The molecule has 29 heavy (non-hydrogen) atoms. The molecule has 1 amide bonds. The Balaban J connectivity index is 1.99. The fraction of sp³-hybridized carbons (Fsp3) is 0.450. The maximum Gasteiger partial charge on any atom is 0.333 e. The highest BCUT2D eigenvalue weighted by Crippen LogP contribution is 2.18. The molecule has 9 heteroatoms. The van der Waals surface area contributed by atoms with Gasteiger partial charge < -0.3 is 20.7 Å². The molecule has 0 bridgehead atoms. The van der Waals surface area contributed by atoms with Gasteiger partial charge in [0.1, 0.15) is 18.1 Å². The van der Waals surface area contributed by atoms with E-state index in [4.69, 9.17) is 10.5 Å². The van der Waals surface area contributed by atoms with Gasteiger partial charge in [-0.2, -0.15) is 0 Å². The lowest BCUT2D eigenvalue weighted by atomic mass is 10.3. The molecule has 0 spiro atoms. The van der Waals surface area contributed by atoms with Gasteiger partial charge in [-0.25, -0.2) is 9.36 Å². The van der Waals surface area contributed by atoms with Gasteiger partial charge in [0.15, 0.2) is 0 Å². The number of hydrogen-bond acceptors (Lipinski definition) is 6. The van der Waals surface area contributed by atoms with Gasteiger partial charge in [0.05, 0.1) is 13.2 Å². The summed E-state index contributed by atoms with van der Waals surface area (Å²) >= 11 is 0. The molecule has 1 aliphatic heterocycles. The third-order valence-corrected chi connectivity index (χ3v) is 4.86. The number of unbranched alkanes of at least 4 members (excludes halogenated alkanes) is 1. The number of nitrogens with two attached hydrogens (primary N) is 1. The van der Waals surface area contributed by atoms with Crippen molar-refractivity contribution in [1.29, 1.82) is 0 Å². The summed E-state index contributed by atoms with van der Waals surface area (Å²) in [7, 11) is 0. The average molecular weight is 401 g/mol. The summed E-state index contributed by atoms with van der Waals surface area (Å²) in [6, 6.07) is 8.89. The first kappa shape index (κ1) is 20.7. The molecule has 0 radical (unpaired) electrons. The van der Waals surface area contributed by atoms with Crippen LogP contribution in [0.4, 0.5) is 17.2 Å². The summed E-state index contributed by atoms with van der Waals surface area (Å²) in [6.07, 6.45) is 1.60. The predicted molar refractivity (Wildman–Crippen MR) is 112 cm³/mol. The van der Waals surface area contributed by atoms with Gasteiger partial charge in [0.25, 0.3) is 5.56 Å². The van der Waals surface area contributed by atoms with Crippen molar-refractivity contribution in [2.75, 3.05) is 42.3 Å². The van der Waals surface area contributed by atoms with E-state index < -0.39 is 17.2 Å². The van der Waals surface area contributed by atoms with Crippen LogP contribution in [0.1, 0.15) is 19.8 Å². The Morgan fingerprint density at radius 2 is 1.83 bits per heavy atom. The van der Waals surface area contributed by atoms with E-state index in [9.17, 15) is 14.4 Å². The summed E-state index contributed by atoms with van der Waals surface area (Å²) in [6.45, 7) is 3.97. The zero-order valence-corrected chi connectivity index (χ0v) is 16.6. The van der Waals surface area contributed by atoms with Crippen LogP contribution in [0.15, 0.2) is 39.9 Å². The fourth-order valence-electron chi connectivity index (χ4n) is 3.32. The molecular formula is C20H27N5O4. The van der Waals surface area contributed by atoms with Gasteiger partial charge in [-0.1, -0.05) is 31.5 Å². The van der Waals surface area contributed by atoms with Crippen LogP contribution in [0.5, 0.6) is 0 Å². The van der Waals surface area contributed by atoms with Crippen LogP contribution in [0.3, 0.4) is 0 Å². The first-order valence-electron chi connectivity index (χ1n) is 9.83. The van der Waals surface area contributed by atoms with Crippen molar-refractivity contribution < 1.29 is 9.53 Å². The van der Waals surface area contributed by atoms with Crippen LogP contribution < -0.4 is 27.2 Å². The van der Waals surface area contributed by atoms with Crippen molar-refractivity contribution in [2.24, 2.45) is 0 Å². The Labute approximate surface area is 168 Å². The summed E-state index contributed by atoms with van der Waals surface area (Å²) in [4.78, 5) is 40.4. The third-order valence-electron chi connectivity index (χ3n) is 4.86. The SMILES string of the molecule is CCCCn1c(N)c(N2CCOCC2)c(=O)n(CC(=O)Nc2ccccc2)c1=O. The highest BCUT2D eigenvalue weighted by atomic mass is 16.5. The first-order valence-corrected chi connectivity index (χ1v) is 9.83. The molecule has 9 nitrogen and oxygen atoms in total. The second-order valence-electron chi connectivity index (χ2n) is 6.93. The van der Waals surface area contributed by atoms with E-state index in [0.717, 1.165) is 17.4 Å². The van der Waals surface area contributed by atoms with Gasteiger partial charge >= 0.3 is 5.69 Å². The number of rotatable bonds is 7. The third kappa shape index (κ3) is 4.68. The summed E-state index contributed by atoms with van der Waals surface area (Å²) in [5, 5.41) is 2.71. The largest absolute Gasteiger partial charge is 0.383 e. The molecule has 2 heterocycles. The molecule has 0 unspecified atom stereocenters. The second-order valence-corrected chi connectivity index (χ2v) is 6.93. The summed E-state index contributed by atoms with van der Waals surface area (Å²) < 4.78 is 7.72. The molecule has 1 fully saturated rings. The van der Waals surface area contributed by atoms with Crippen molar-refractivity contribution in [3.63, 3.8) is 0 Å². The van der Waals surface area contributed by atoms with Gasteiger partial charge in [-0.3, -0.25) is 14.2 Å². The molecule has 1 aromatic heterocycles. The maximum absolute atomic E-state index is 13.1. The van der Waals surface area contributed by atoms with Crippen molar-refractivity contribution >= 4 is 23.1 Å². The van der Waals surface area contributed by atoms with E-state index >= 15 is 0 Å². The van der Waals surface area contributed by atoms with Crippen molar-refractivity contribution in [3.8, 4) is 0 Å². The number of benzene rings is 1. The molecular weight excluding hydrogens is 374 g/mol. The number of amides is 1. The normalized spacial score (nSPS) is 14.0. The minimum Gasteiger partial charge on any atom is -0.383 e. The molecule has 0 saturated carbocycles. The van der Waals surface area contributed by atoms with Gasteiger partial charge in [-0.05, 0) is 18.6 Å². The Hall–Kier alpha value is -3.07. The molecule has 1 saturated heterocycles. The molecule has 3 N–H and O–H groups in total. The van der Waals surface area contributed by atoms with Crippen molar-refractivity contribution in [3.05, 3.63) is 51.2 Å². The quantitative estimate of drug-likeness (QED) is 0.712. The maximum atomic E-state index is 13.1. The zero-order chi connectivity index (χ0) is 20.8. The van der Waals surface area contributed by atoms with Gasteiger partial charge in [0.2, 0.25) is 5.91 Å². The standard InChI is InChI=1S/C20H27N5O4/c1-2-3-9-24-18(21)17(23-10-12-29-13-11-23)19(27)25(20(24)28)14-16(26)22-15-7-5-4-6-8-15/h4-8H,2-3,9-14,21H2,1H3,(H,22,26). The second kappa shape index (κ2) is 9.42. The van der Waals surface area contributed by atoms with Crippen molar-refractivity contribution in [2.45, 2.75) is 32.9 Å².